The summed E-state index contributed by atoms with van der Waals surface area (Å²) in [4.78, 5) is 11.5. The first-order valence-corrected chi connectivity index (χ1v) is 10.3. The highest BCUT2D eigenvalue weighted by Gasteiger charge is 2.24. The Balaban J connectivity index is 1.69. The molecule has 0 amide bonds. The molecule has 0 aliphatic heterocycles. The molecule has 3 nitrogen and oxygen atoms in total. The largest absolute Gasteiger partial charge is 0.494 e. The van der Waals surface area contributed by atoms with Gasteiger partial charge in [-0.15, -0.1) is 0 Å². The number of esters is 1. The molecule has 0 N–H and O–H groups in total. The molecule has 1 aromatic rings. The Morgan fingerprint density at radius 2 is 1.73 bits per heavy atom. The van der Waals surface area contributed by atoms with Crippen molar-refractivity contribution in [2.45, 2.75) is 83.7 Å². The smallest absolute Gasteiger partial charge is 0.330 e. The lowest BCUT2D eigenvalue weighted by atomic mass is 9.83. The molecule has 1 aromatic carbocycles. The van der Waals surface area contributed by atoms with Crippen LogP contribution in [-0.2, 0) is 9.53 Å². The fraction of sp³-hybridized carbons (Fsp3) is 0.609. The lowest BCUT2D eigenvalue weighted by molar-refractivity contribution is -0.144. The second-order valence-corrected chi connectivity index (χ2v) is 7.24. The number of rotatable bonds is 10. The van der Waals surface area contributed by atoms with E-state index in [1.54, 1.807) is 6.08 Å². The highest BCUT2D eigenvalue weighted by molar-refractivity contribution is 5.81. The van der Waals surface area contributed by atoms with Crippen LogP contribution in [0.3, 0.4) is 0 Å². The number of unbranched alkanes of at least 4 members (excludes halogenated alkanes) is 4. The number of benzene rings is 1. The van der Waals surface area contributed by atoms with Crippen LogP contribution in [-0.4, -0.2) is 18.7 Å². The molecule has 1 aliphatic carbocycles. The third-order valence-corrected chi connectivity index (χ3v) is 5.13. The number of hydrogen-bond acceptors (Lipinski definition) is 3. The third kappa shape index (κ3) is 7.23. The van der Waals surface area contributed by atoms with E-state index in [0.717, 1.165) is 44.5 Å². The maximum Gasteiger partial charge on any atom is 0.330 e. The number of carbonyl (C=O) groups excluding carboxylic acids is 1. The van der Waals surface area contributed by atoms with E-state index < -0.39 is 0 Å². The predicted molar refractivity (Wildman–Crippen MR) is 107 cm³/mol. The van der Waals surface area contributed by atoms with E-state index in [4.69, 9.17) is 9.47 Å². The van der Waals surface area contributed by atoms with Crippen molar-refractivity contribution in [2.75, 3.05) is 6.61 Å². The molecule has 3 heteroatoms. The van der Waals surface area contributed by atoms with Gasteiger partial charge in [-0.1, -0.05) is 50.8 Å². The standard InChI is InChI=1S/C23H34O3/c1-3-5-6-7-8-18-25-21-14-10-19(11-15-21)20-12-16-22(17-13-20)26-23(24)9-4-2/h4,9-11,14-15,20,22H,3,5-8,12-13,16-18H2,1-2H3/b9-4+. The molecule has 2 rings (SSSR count). The summed E-state index contributed by atoms with van der Waals surface area (Å²) in [6.45, 7) is 4.88. The highest BCUT2D eigenvalue weighted by atomic mass is 16.5. The summed E-state index contributed by atoms with van der Waals surface area (Å²) < 4.78 is 11.3. The monoisotopic (exact) mass is 358 g/mol. The van der Waals surface area contributed by atoms with Gasteiger partial charge in [0.15, 0.2) is 0 Å². The minimum absolute atomic E-state index is 0.0743. The van der Waals surface area contributed by atoms with Gasteiger partial charge in [0, 0.05) is 6.08 Å². The van der Waals surface area contributed by atoms with Crippen LogP contribution in [0.5, 0.6) is 5.75 Å². The third-order valence-electron chi connectivity index (χ3n) is 5.13. The van der Waals surface area contributed by atoms with Gasteiger partial charge in [-0.2, -0.15) is 0 Å². The van der Waals surface area contributed by atoms with Gasteiger partial charge in [-0.3, -0.25) is 0 Å². The van der Waals surface area contributed by atoms with Crippen LogP contribution in [0.4, 0.5) is 0 Å². The van der Waals surface area contributed by atoms with E-state index in [1.165, 1.54) is 37.3 Å². The van der Waals surface area contributed by atoms with Crippen LogP contribution in [0.15, 0.2) is 36.4 Å². The normalized spacial score (nSPS) is 20.2. The lowest BCUT2D eigenvalue weighted by Gasteiger charge is -2.28. The van der Waals surface area contributed by atoms with Crippen molar-refractivity contribution in [3.8, 4) is 5.75 Å². The Morgan fingerprint density at radius 1 is 1.04 bits per heavy atom. The Hall–Kier alpha value is -1.77. The van der Waals surface area contributed by atoms with E-state index in [1.807, 2.05) is 6.92 Å². The van der Waals surface area contributed by atoms with E-state index >= 15 is 0 Å². The summed E-state index contributed by atoms with van der Waals surface area (Å²) >= 11 is 0. The second kappa shape index (κ2) is 11.8. The summed E-state index contributed by atoms with van der Waals surface area (Å²) in [7, 11) is 0. The Morgan fingerprint density at radius 3 is 2.38 bits per heavy atom. The van der Waals surface area contributed by atoms with Gasteiger partial charge < -0.3 is 9.47 Å². The van der Waals surface area contributed by atoms with E-state index in [2.05, 4.69) is 31.2 Å². The van der Waals surface area contributed by atoms with Gasteiger partial charge in [0.25, 0.3) is 0 Å². The number of ether oxygens (including phenoxy) is 2. The van der Waals surface area contributed by atoms with Crippen molar-refractivity contribution in [2.24, 2.45) is 0 Å². The first kappa shape index (κ1) is 20.5. The first-order chi connectivity index (χ1) is 12.7. The van der Waals surface area contributed by atoms with Gasteiger partial charge in [0.05, 0.1) is 6.61 Å². The number of allylic oxidation sites excluding steroid dienone is 1. The molecule has 0 aromatic heterocycles. The molecule has 0 saturated heterocycles. The van der Waals surface area contributed by atoms with Gasteiger partial charge in [0.1, 0.15) is 11.9 Å². The zero-order chi connectivity index (χ0) is 18.6. The zero-order valence-corrected chi connectivity index (χ0v) is 16.4. The maximum absolute atomic E-state index is 11.5. The Bertz CT molecular complexity index is 539. The molecule has 0 unspecified atom stereocenters. The van der Waals surface area contributed by atoms with Crippen molar-refractivity contribution in [1.82, 2.24) is 0 Å². The Kier molecular flexibility index (Phi) is 9.30. The average molecular weight is 359 g/mol. The molecule has 26 heavy (non-hydrogen) atoms. The van der Waals surface area contributed by atoms with Crippen LogP contribution < -0.4 is 4.74 Å². The molecule has 0 bridgehead atoms. The molecular weight excluding hydrogens is 324 g/mol. The summed E-state index contributed by atoms with van der Waals surface area (Å²) in [5, 5.41) is 0. The summed E-state index contributed by atoms with van der Waals surface area (Å²) in [5.74, 6) is 1.32. The summed E-state index contributed by atoms with van der Waals surface area (Å²) in [6, 6.07) is 8.59. The molecule has 1 fully saturated rings. The minimum Gasteiger partial charge on any atom is -0.494 e. The van der Waals surface area contributed by atoms with E-state index in [9.17, 15) is 4.79 Å². The summed E-state index contributed by atoms with van der Waals surface area (Å²) in [5.41, 5.74) is 1.37. The fourth-order valence-electron chi connectivity index (χ4n) is 3.59. The van der Waals surface area contributed by atoms with E-state index in [0.29, 0.717) is 5.92 Å². The first-order valence-electron chi connectivity index (χ1n) is 10.3. The predicted octanol–water partition coefficient (Wildman–Crippen LogP) is 6.18. The molecule has 0 atom stereocenters. The van der Waals surface area contributed by atoms with Crippen LogP contribution in [0.2, 0.25) is 0 Å². The van der Waals surface area contributed by atoms with Crippen molar-refractivity contribution in [3.63, 3.8) is 0 Å². The van der Waals surface area contributed by atoms with Crippen molar-refractivity contribution in [1.29, 1.82) is 0 Å². The molecule has 0 heterocycles. The van der Waals surface area contributed by atoms with Gasteiger partial charge in [-0.25, -0.2) is 4.79 Å². The topological polar surface area (TPSA) is 35.5 Å². The molecule has 144 valence electrons. The molecular formula is C23H34O3. The average Bonchev–Trinajstić information content (AvgIpc) is 2.66. The summed E-state index contributed by atoms with van der Waals surface area (Å²) in [6.07, 6.45) is 13.7. The van der Waals surface area contributed by atoms with E-state index in [-0.39, 0.29) is 12.1 Å². The van der Waals surface area contributed by atoms with Crippen molar-refractivity contribution >= 4 is 5.97 Å². The minimum atomic E-state index is -0.216. The second-order valence-electron chi connectivity index (χ2n) is 7.24. The molecule has 1 saturated carbocycles. The SMILES string of the molecule is C/C=C/C(=O)OC1CCC(c2ccc(OCCCCCCC)cc2)CC1. The van der Waals surface area contributed by atoms with Crippen LogP contribution >= 0.6 is 0 Å². The molecule has 0 radical (unpaired) electrons. The number of carbonyl (C=O) groups is 1. The van der Waals surface area contributed by atoms with Gasteiger partial charge >= 0.3 is 5.97 Å². The quantitative estimate of drug-likeness (QED) is 0.284. The van der Waals surface area contributed by atoms with Crippen molar-refractivity contribution < 1.29 is 14.3 Å². The van der Waals surface area contributed by atoms with Crippen LogP contribution in [0.1, 0.15) is 83.1 Å². The lowest BCUT2D eigenvalue weighted by Crippen LogP contribution is -2.23. The van der Waals surface area contributed by atoms with Gasteiger partial charge in [0.2, 0.25) is 0 Å². The molecule has 0 spiro atoms. The van der Waals surface area contributed by atoms with Crippen LogP contribution in [0.25, 0.3) is 0 Å². The highest BCUT2D eigenvalue weighted by Crippen LogP contribution is 2.34. The zero-order valence-electron chi connectivity index (χ0n) is 16.4. The Labute approximate surface area is 158 Å². The van der Waals surface area contributed by atoms with Gasteiger partial charge in [-0.05, 0) is 62.6 Å². The van der Waals surface area contributed by atoms with Crippen molar-refractivity contribution in [3.05, 3.63) is 42.0 Å². The fourth-order valence-corrected chi connectivity index (χ4v) is 3.59. The number of hydrogen-bond donors (Lipinski definition) is 0. The molecule has 1 aliphatic rings. The van der Waals surface area contributed by atoms with Crippen LogP contribution in [0, 0.1) is 0 Å². The maximum atomic E-state index is 11.5.